The maximum Gasteiger partial charge on any atom is 0.337 e. The van der Waals surface area contributed by atoms with E-state index < -0.39 is 5.97 Å². The molecule has 1 unspecified atom stereocenters. The normalized spacial score (nSPS) is 20.7. The standard InChI is InChI=1S/C22H23ClN4O2/c1-15-11-22(14-27(15)18-4-2-16(12-24)19(23)10-18)6-8-26(9-7-22)20-5-3-17(13-25-20)21(28)29/h2-5,10,13,15H,6-9,11,14H2,1H3,(H,28,29). The van der Waals surface area contributed by atoms with Crippen LogP contribution in [0.1, 0.15) is 42.1 Å². The average molecular weight is 411 g/mol. The molecule has 1 atom stereocenters. The molecule has 29 heavy (non-hydrogen) atoms. The average Bonchev–Trinajstić information content (AvgIpc) is 3.04. The summed E-state index contributed by atoms with van der Waals surface area (Å²) in [6.07, 6.45) is 4.69. The Morgan fingerprint density at radius 1 is 1.31 bits per heavy atom. The van der Waals surface area contributed by atoms with Gasteiger partial charge in [0.2, 0.25) is 0 Å². The molecule has 4 rings (SSSR count). The van der Waals surface area contributed by atoms with Crippen molar-refractivity contribution in [2.24, 2.45) is 5.41 Å². The summed E-state index contributed by atoms with van der Waals surface area (Å²) in [4.78, 5) is 20.0. The number of aromatic carboxylic acids is 1. The first-order chi connectivity index (χ1) is 13.9. The Labute approximate surface area is 175 Å². The van der Waals surface area contributed by atoms with Gasteiger partial charge in [0.15, 0.2) is 0 Å². The lowest BCUT2D eigenvalue weighted by Crippen LogP contribution is -2.42. The topological polar surface area (TPSA) is 80.5 Å². The van der Waals surface area contributed by atoms with Gasteiger partial charge < -0.3 is 14.9 Å². The van der Waals surface area contributed by atoms with Crippen molar-refractivity contribution in [2.45, 2.75) is 32.2 Å². The van der Waals surface area contributed by atoms with E-state index in [2.05, 4.69) is 27.8 Å². The number of piperidine rings is 1. The SMILES string of the molecule is CC1CC2(CCN(c3ccc(C(=O)O)cn3)CC2)CN1c1ccc(C#N)c(Cl)c1. The van der Waals surface area contributed by atoms with Crippen LogP contribution in [0.25, 0.3) is 0 Å². The van der Waals surface area contributed by atoms with Gasteiger partial charge in [-0.3, -0.25) is 0 Å². The molecule has 1 spiro atoms. The summed E-state index contributed by atoms with van der Waals surface area (Å²) in [7, 11) is 0. The Morgan fingerprint density at radius 3 is 2.66 bits per heavy atom. The molecule has 1 aromatic heterocycles. The van der Waals surface area contributed by atoms with Crippen LogP contribution in [-0.4, -0.2) is 41.7 Å². The number of nitrogens with zero attached hydrogens (tertiary/aromatic N) is 4. The molecule has 3 heterocycles. The Kier molecular flexibility index (Phi) is 5.10. The summed E-state index contributed by atoms with van der Waals surface area (Å²) in [5.74, 6) is -0.115. The number of hydrogen-bond acceptors (Lipinski definition) is 5. The van der Waals surface area contributed by atoms with E-state index in [0.717, 1.165) is 50.4 Å². The Bertz CT molecular complexity index is 962. The third-order valence-corrected chi connectivity index (χ3v) is 6.63. The van der Waals surface area contributed by atoms with Crippen LogP contribution < -0.4 is 9.80 Å². The lowest BCUT2D eigenvalue weighted by molar-refractivity contribution is 0.0696. The van der Waals surface area contributed by atoms with Crippen LogP contribution in [0.3, 0.4) is 0 Å². The largest absolute Gasteiger partial charge is 0.478 e. The van der Waals surface area contributed by atoms with Gasteiger partial charge >= 0.3 is 5.97 Å². The van der Waals surface area contributed by atoms with Gasteiger partial charge in [0.1, 0.15) is 11.9 Å². The van der Waals surface area contributed by atoms with Crippen LogP contribution in [0, 0.1) is 16.7 Å². The predicted molar refractivity (Wildman–Crippen MR) is 113 cm³/mol. The summed E-state index contributed by atoms with van der Waals surface area (Å²) >= 11 is 6.25. The van der Waals surface area contributed by atoms with Gasteiger partial charge in [0.25, 0.3) is 0 Å². The van der Waals surface area contributed by atoms with E-state index in [1.165, 1.54) is 6.20 Å². The van der Waals surface area contributed by atoms with Crippen LogP contribution in [0.15, 0.2) is 36.5 Å². The number of carbonyl (C=O) groups is 1. The number of halogens is 1. The molecule has 1 aromatic carbocycles. The van der Waals surface area contributed by atoms with Crippen molar-refractivity contribution in [3.05, 3.63) is 52.7 Å². The van der Waals surface area contributed by atoms with Gasteiger partial charge in [-0.25, -0.2) is 9.78 Å². The fraction of sp³-hybridized carbons (Fsp3) is 0.409. The second-order valence-electron chi connectivity index (χ2n) is 8.15. The number of pyridine rings is 1. The zero-order valence-electron chi connectivity index (χ0n) is 16.3. The first-order valence-electron chi connectivity index (χ1n) is 9.81. The molecule has 2 aromatic rings. The van der Waals surface area contributed by atoms with Gasteiger partial charge in [-0.05, 0) is 61.9 Å². The minimum atomic E-state index is -0.954. The number of benzene rings is 1. The fourth-order valence-corrected chi connectivity index (χ4v) is 4.93. The van der Waals surface area contributed by atoms with Crippen molar-refractivity contribution in [2.75, 3.05) is 29.4 Å². The van der Waals surface area contributed by atoms with Crippen LogP contribution >= 0.6 is 11.6 Å². The van der Waals surface area contributed by atoms with Crippen molar-refractivity contribution in [3.63, 3.8) is 0 Å². The number of carboxylic acid groups (broad SMARTS) is 1. The van der Waals surface area contributed by atoms with E-state index in [1.54, 1.807) is 18.2 Å². The first-order valence-corrected chi connectivity index (χ1v) is 10.2. The number of aromatic nitrogens is 1. The Morgan fingerprint density at radius 2 is 2.07 bits per heavy atom. The zero-order chi connectivity index (χ0) is 20.6. The highest BCUT2D eigenvalue weighted by Gasteiger charge is 2.44. The molecule has 0 radical (unpaired) electrons. The molecule has 2 aliphatic heterocycles. The molecule has 2 fully saturated rings. The predicted octanol–water partition coefficient (Wildman–Crippen LogP) is 4.19. The number of nitriles is 1. The lowest BCUT2D eigenvalue weighted by Gasteiger charge is -2.40. The molecular formula is C22H23ClN4O2. The molecule has 2 aliphatic rings. The van der Waals surface area contributed by atoms with Crippen LogP contribution in [0.4, 0.5) is 11.5 Å². The highest BCUT2D eigenvalue weighted by atomic mass is 35.5. The molecule has 0 amide bonds. The molecule has 0 aliphatic carbocycles. The minimum absolute atomic E-state index is 0.212. The van der Waals surface area contributed by atoms with E-state index >= 15 is 0 Å². The van der Waals surface area contributed by atoms with Crippen LogP contribution in [0.2, 0.25) is 5.02 Å². The molecule has 0 saturated carbocycles. The van der Waals surface area contributed by atoms with E-state index in [-0.39, 0.29) is 11.0 Å². The smallest absolute Gasteiger partial charge is 0.337 e. The molecule has 1 N–H and O–H groups in total. The number of rotatable bonds is 3. The highest BCUT2D eigenvalue weighted by Crippen LogP contribution is 2.45. The summed E-state index contributed by atoms with van der Waals surface area (Å²) in [5, 5.41) is 18.6. The Balaban J connectivity index is 1.44. The molecule has 2 saturated heterocycles. The maximum absolute atomic E-state index is 11.0. The van der Waals surface area contributed by atoms with Gasteiger partial charge in [-0.2, -0.15) is 5.26 Å². The monoisotopic (exact) mass is 410 g/mol. The third-order valence-electron chi connectivity index (χ3n) is 6.31. The quantitative estimate of drug-likeness (QED) is 0.817. The van der Waals surface area contributed by atoms with Gasteiger partial charge in [0.05, 0.1) is 16.1 Å². The van der Waals surface area contributed by atoms with Crippen molar-refractivity contribution in [1.82, 2.24) is 4.98 Å². The van der Waals surface area contributed by atoms with Crippen molar-refractivity contribution < 1.29 is 9.90 Å². The number of hydrogen-bond donors (Lipinski definition) is 1. The van der Waals surface area contributed by atoms with Crippen molar-refractivity contribution in [3.8, 4) is 6.07 Å². The van der Waals surface area contributed by atoms with E-state index in [9.17, 15) is 4.79 Å². The zero-order valence-corrected chi connectivity index (χ0v) is 17.1. The van der Waals surface area contributed by atoms with Crippen LogP contribution in [-0.2, 0) is 0 Å². The number of carboxylic acids is 1. The molecule has 7 heteroatoms. The van der Waals surface area contributed by atoms with E-state index in [1.807, 2.05) is 12.1 Å². The minimum Gasteiger partial charge on any atom is -0.478 e. The summed E-state index contributed by atoms with van der Waals surface area (Å²) in [6.45, 7) is 5.05. The second-order valence-corrected chi connectivity index (χ2v) is 8.56. The van der Waals surface area contributed by atoms with Crippen molar-refractivity contribution in [1.29, 1.82) is 5.26 Å². The van der Waals surface area contributed by atoms with Gasteiger partial charge in [-0.15, -0.1) is 0 Å². The van der Waals surface area contributed by atoms with E-state index in [0.29, 0.717) is 16.6 Å². The summed E-state index contributed by atoms with van der Waals surface area (Å²) < 4.78 is 0. The summed E-state index contributed by atoms with van der Waals surface area (Å²) in [5.41, 5.74) is 2.05. The summed E-state index contributed by atoms with van der Waals surface area (Å²) in [6, 6.07) is 11.6. The highest BCUT2D eigenvalue weighted by molar-refractivity contribution is 6.32. The van der Waals surface area contributed by atoms with E-state index in [4.69, 9.17) is 22.0 Å². The maximum atomic E-state index is 11.0. The van der Waals surface area contributed by atoms with Gasteiger partial charge in [-0.1, -0.05) is 11.6 Å². The second kappa shape index (κ2) is 7.57. The van der Waals surface area contributed by atoms with Crippen LogP contribution in [0.5, 0.6) is 0 Å². The number of anilines is 2. The molecule has 0 bridgehead atoms. The van der Waals surface area contributed by atoms with Crippen molar-refractivity contribution >= 4 is 29.1 Å². The lowest BCUT2D eigenvalue weighted by atomic mass is 9.77. The fourth-order valence-electron chi connectivity index (χ4n) is 4.71. The Hall–Kier alpha value is -2.78. The molecule has 6 nitrogen and oxygen atoms in total. The molecular weight excluding hydrogens is 388 g/mol. The molecule has 150 valence electrons. The van der Waals surface area contributed by atoms with Gasteiger partial charge in [0, 0.05) is 37.6 Å². The third kappa shape index (κ3) is 3.75. The first kappa shape index (κ1) is 19.5.